The Morgan fingerprint density at radius 2 is 1.94 bits per heavy atom. The van der Waals surface area contributed by atoms with Gasteiger partial charge in [-0.3, -0.25) is 4.79 Å². The van der Waals surface area contributed by atoms with Crippen LogP contribution < -0.4 is 15.6 Å². The number of aromatic nitrogens is 3. The molecule has 180 valence electrons. The van der Waals surface area contributed by atoms with Crippen LogP contribution >= 0.6 is 23.4 Å². The summed E-state index contributed by atoms with van der Waals surface area (Å²) in [5.74, 6) is 0.727. The summed E-state index contributed by atoms with van der Waals surface area (Å²) in [6.07, 6.45) is 1.64. The van der Waals surface area contributed by atoms with Crippen molar-refractivity contribution in [3.63, 3.8) is 0 Å². The molecule has 2 aromatic carbocycles. The van der Waals surface area contributed by atoms with Crippen LogP contribution in [0.4, 0.5) is 11.4 Å². The Labute approximate surface area is 209 Å². The van der Waals surface area contributed by atoms with E-state index in [0.717, 1.165) is 30.2 Å². The lowest BCUT2D eigenvalue weighted by Gasteiger charge is -2.20. The molecule has 0 fully saturated rings. The SMILES string of the molecule is CCN(CC)c1ccc(/C=N\NC(=O)CSc2nnc([C@@H](C)Nc3cccc(Cl)c3)n2C)cc1. The summed E-state index contributed by atoms with van der Waals surface area (Å²) < 4.78 is 1.88. The topological polar surface area (TPSA) is 87.4 Å². The van der Waals surface area contributed by atoms with Gasteiger partial charge in [0, 0.05) is 36.5 Å². The van der Waals surface area contributed by atoms with Gasteiger partial charge in [0.2, 0.25) is 0 Å². The lowest BCUT2D eigenvalue weighted by molar-refractivity contribution is -0.118. The van der Waals surface area contributed by atoms with Gasteiger partial charge in [-0.15, -0.1) is 10.2 Å². The second kappa shape index (κ2) is 12.4. The average Bonchev–Trinajstić information content (AvgIpc) is 3.20. The van der Waals surface area contributed by atoms with Crippen LogP contribution in [0.1, 0.15) is 38.2 Å². The highest BCUT2D eigenvalue weighted by Crippen LogP contribution is 2.23. The van der Waals surface area contributed by atoms with E-state index in [0.29, 0.717) is 10.2 Å². The molecule has 1 amide bonds. The van der Waals surface area contributed by atoms with Gasteiger partial charge in [-0.2, -0.15) is 5.10 Å². The molecule has 3 rings (SSSR count). The number of hydrogen-bond acceptors (Lipinski definition) is 7. The zero-order valence-corrected chi connectivity index (χ0v) is 21.4. The summed E-state index contributed by atoms with van der Waals surface area (Å²) in [6, 6.07) is 15.5. The van der Waals surface area contributed by atoms with Crippen LogP contribution in [-0.4, -0.2) is 45.7 Å². The maximum atomic E-state index is 12.2. The number of benzene rings is 2. The third kappa shape index (κ3) is 6.98. The highest BCUT2D eigenvalue weighted by molar-refractivity contribution is 7.99. The first-order valence-electron chi connectivity index (χ1n) is 11.1. The Balaban J connectivity index is 1.49. The average molecular weight is 500 g/mol. The molecule has 2 N–H and O–H groups in total. The first kappa shape index (κ1) is 25.6. The number of hydrogen-bond donors (Lipinski definition) is 2. The van der Waals surface area contributed by atoms with Crippen LogP contribution in [0.2, 0.25) is 5.02 Å². The van der Waals surface area contributed by atoms with Gasteiger partial charge < -0.3 is 14.8 Å². The van der Waals surface area contributed by atoms with Crippen LogP contribution in [0, 0.1) is 0 Å². The first-order chi connectivity index (χ1) is 16.4. The molecule has 0 aliphatic carbocycles. The number of hydrazone groups is 1. The van der Waals surface area contributed by atoms with E-state index < -0.39 is 0 Å². The van der Waals surface area contributed by atoms with Crippen LogP contribution in [-0.2, 0) is 11.8 Å². The molecule has 0 spiro atoms. The minimum Gasteiger partial charge on any atom is -0.375 e. The first-order valence-corrected chi connectivity index (χ1v) is 12.5. The Morgan fingerprint density at radius 1 is 1.21 bits per heavy atom. The van der Waals surface area contributed by atoms with E-state index in [1.165, 1.54) is 17.4 Å². The van der Waals surface area contributed by atoms with Crippen molar-refractivity contribution >= 4 is 46.9 Å². The molecule has 1 atom stereocenters. The van der Waals surface area contributed by atoms with E-state index in [1.54, 1.807) is 6.21 Å². The summed E-state index contributed by atoms with van der Waals surface area (Å²) in [4.78, 5) is 14.5. The van der Waals surface area contributed by atoms with Gasteiger partial charge in [0.05, 0.1) is 18.0 Å². The number of carbonyl (C=O) groups excluding carboxylic acids is 1. The summed E-state index contributed by atoms with van der Waals surface area (Å²) in [6.45, 7) is 8.18. The Morgan fingerprint density at radius 3 is 2.62 bits per heavy atom. The largest absolute Gasteiger partial charge is 0.375 e. The number of amides is 1. The fourth-order valence-electron chi connectivity index (χ4n) is 3.42. The van der Waals surface area contributed by atoms with E-state index in [9.17, 15) is 4.79 Å². The molecule has 1 aromatic heterocycles. The van der Waals surface area contributed by atoms with Crippen LogP contribution in [0.3, 0.4) is 0 Å². The lowest BCUT2D eigenvalue weighted by atomic mass is 10.2. The molecule has 0 unspecified atom stereocenters. The Kier molecular flexibility index (Phi) is 9.35. The number of anilines is 2. The summed E-state index contributed by atoms with van der Waals surface area (Å²) in [5.41, 5.74) is 5.55. The summed E-state index contributed by atoms with van der Waals surface area (Å²) in [5, 5.41) is 17.2. The molecule has 1 heterocycles. The number of halogens is 1. The van der Waals surface area contributed by atoms with Crippen molar-refractivity contribution in [1.82, 2.24) is 20.2 Å². The van der Waals surface area contributed by atoms with E-state index in [-0.39, 0.29) is 17.7 Å². The number of nitrogens with zero attached hydrogens (tertiary/aromatic N) is 5. The van der Waals surface area contributed by atoms with Crippen molar-refractivity contribution in [3.8, 4) is 0 Å². The Hall–Kier alpha value is -3.04. The predicted molar refractivity (Wildman–Crippen MR) is 141 cm³/mol. The van der Waals surface area contributed by atoms with Crippen LogP contribution in [0.25, 0.3) is 0 Å². The van der Waals surface area contributed by atoms with Crippen molar-refractivity contribution in [3.05, 3.63) is 64.9 Å². The van der Waals surface area contributed by atoms with Crippen molar-refractivity contribution in [2.24, 2.45) is 12.1 Å². The zero-order valence-electron chi connectivity index (χ0n) is 19.8. The van der Waals surface area contributed by atoms with Gasteiger partial charge in [0.15, 0.2) is 11.0 Å². The number of thioether (sulfide) groups is 1. The molecule has 3 aromatic rings. The molecule has 0 bridgehead atoms. The maximum Gasteiger partial charge on any atom is 0.250 e. The van der Waals surface area contributed by atoms with Gasteiger partial charge in [0.1, 0.15) is 0 Å². The normalized spacial score (nSPS) is 12.0. The molecule has 0 saturated carbocycles. The van der Waals surface area contributed by atoms with Crippen molar-refractivity contribution in [2.75, 3.05) is 29.1 Å². The molecule has 8 nitrogen and oxygen atoms in total. The second-order valence-corrected chi connectivity index (χ2v) is 9.00. The number of nitrogens with one attached hydrogen (secondary N) is 2. The zero-order chi connectivity index (χ0) is 24.5. The van der Waals surface area contributed by atoms with Crippen molar-refractivity contribution in [1.29, 1.82) is 0 Å². The minimum atomic E-state index is -0.212. The number of carbonyl (C=O) groups is 1. The highest BCUT2D eigenvalue weighted by Gasteiger charge is 2.16. The monoisotopic (exact) mass is 499 g/mol. The van der Waals surface area contributed by atoms with Crippen molar-refractivity contribution < 1.29 is 4.79 Å². The predicted octanol–water partition coefficient (Wildman–Crippen LogP) is 4.73. The molecule has 0 radical (unpaired) electrons. The molecule has 34 heavy (non-hydrogen) atoms. The van der Waals surface area contributed by atoms with Gasteiger partial charge in [-0.05, 0) is 56.7 Å². The van der Waals surface area contributed by atoms with Gasteiger partial charge in [-0.1, -0.05) is 41.6 Å². The molecule has 0 aliphatic heterocycles. The van der Waals surface area contributed by atoms with E-state index in [2.05, 4.69) is 56.9 Å². The summed E-state index contributed by atoms with van der Waals surface area (Å²) in [7, 11) is 1.88. The third-order valence-electron chi connectivity index (χ3n) is 5.22. The molecular weight excluding hydrogens is 470 g/mol. The van der Waals surface area contributed by atoms with E-state index in [1.807, 2.05) is 54.9 Å². The third-order valence-corrected chi connectivity index (χ3v) is 6.48. The van der Waals surface area contributed by atoms with E-state index in [4.69, 9.17) is 11.6 Å². The number of rotatable bonds is 11. The molecule has 0 aliphatic rings. The standard InChI is InChI=1S/C24H30ClN7OS/c1-5-32(6-2)21-12-10-18(11-13-21)15-26-28-22(33)16-34-24-30-29-23(31(24)4)17(3)27-20-9-7-8-19(25)14-20/h7-15,17,27H,5-6,16H2,1-4H3,(H,28,33)/b26-15-/t17-/m1/s1. The van der Waals surface area contributed by atoms with Gasteiger partial charge in [0.25, 0.3) is 5.91 Å². The van der Waals surface area contributed by atoms with Crippen LogP contribution in [0.15, 0.2) is 58.8 Å². The molecular formula is C24H30ClN7OS. The Bertz CT molecular complexity index is 1110. The van der Waals surface area contributed by atoms with Crippen LogP contribution in [0.5, 0.6) is 0 Å². The maximum absolute atomic E-state index is 12.2. The lowest BCUT2D eigenvalue weighted by Crippen LogP contribution is -2.21. The quantitative estimate of drug-likeness (QED) is 0.225. The van der Waals surface area contributed by atoms with Gasteiger partial charge >= 0.3 is 0 Å². The molecule has 0 saturated heterocycles. The summed E-state index contributed by atoms with van der Waals surface area (Å²) >= 11 is 7.36. The van der Waals surface area contributed by atoms with Crippen molar-refractivity contribution in [2.45, 2.75) is 32.0 Å². The van der Waals surface area contributed by atoms with E-state index >= 15 is 0 Å². The van der Waals surface area contributed by atoms with Gasteiger partial charge in [-0.25, -0.2) is 5.43 Å². The molecule has 10 heteroatoms. The fourth-order valence-corrected chi connectivity index (χ4v) is 4.32. The fraction of sp³-hybridized carbons (Fsp3) is 0.333. The highest BCUT2D eigenvalue weighted by atomic mass is 35.5. The smallest absolute Gasteiger partial charge is 0.250 e. The second-order valence-electron chi connectivity index (χ2n) is 7.62. The minimum absolute atomic E-state index is 0.0862.